The Kier molecular flexibility index (Phi) is 8.13. The molecule has 0 amide bonds. The molecule has 0 saturated heterocycles. The van der Waals surface area contributed by atoms with Gasteiger partial charge in [-0.1, -0.05) is 95.2 Å². The molecule has 4 rings (SSSR count). The largest absolute Gasteiger partial charge is 0.507 e. The molecule has 1 fully saturated rings. The van der Waals surface area contributed by atoms with Crippen LogP contribution in [0.2, 0.25) is 0 Å². The maximum Gasteiger partial charge on any atom is 0.315 e. The van der Waals surface area contributed by atoms with Crippen molar-refractivity contribution in [2.24, 2.45) is 23.7 Å². The predicted octanol–water partition coefficient (Wildman–Crippen LogP) is 8.24. The van der Waals surface area contributed by atoms with Gasteiger partial charge in [-0.05, 0) is 64.2 Å². The van der Waals surface area contributed by atoms with E-state index in [4.69, 9.17) is 9.47 Å². The van der Waals surface area contributed by atoms with Crippen molar-refractivity contribution in [3.05, 3.63) is 58.7 Å². The highest BCUT2D eigenvalue weighted by Crippen LogP contribution is 2.50. The predicted molar refractivity (Wildman–Crippen MR) is 170 cm³/mol. The molecular weight excluding hydrogens is 540 g/mol. The van der Waals surface area contributed by atoms with Gasteiger partial charge in [0.2, 0.25) is 0 Å². The normalized spacial score (nSPS) is 22.1. The summed E-state index contributed by atoms with van der Waals surface area (Å²) in [7, 11) is 0. The van der Waals surface area contributed by atoms with Gasteiger partial charge >= 0.3 is 11.9 Å². The van der Waals surface area contributed by atoms with E-state index < -0.39 is 23.8 Å². The van der Waals surface area contributed by atoms with Crippen LogP contribution < -0.4 is 9.47 Å². The standard InChI is InChI=1S/C37H50O6/c1-34(2,3)24-16-22(17-25(30(24)38)35(4,5)6)42-32(40)28-20-13-14-21(15-20)29(28)33(41)43-23-18-26(36(7,8)9)31(39)27(19-23)37(10,11)12/h13-14,16-21,28-29,38-39H,15H2,1-12H3. The van der Waals surface area contributed by atoms with Crippen molar-refractivity contribution in [3.8, 4) is 23.0 Å². The van der Waals surface area contributed by atoms with Crippen LogP contribution in [0.1, 0.15) is 112 Å². The van der Waals surface area contributed by atoms with Gasteiger partial charge in [0.05, 0.1) is 11.8 Å². The summed E-state index contributed by atoms with van der Waals surface area (Å²) < 4.78 is 12.1. The number of carbonyl (C=O) groups excluding carboxylic acids is 2. The Morgan fingerprint density at radius 3 is 1.05 bits per heavy atom. The van der Waals surface area contributed by atoms with Crippen molar-refractivity contribution < 1.29 is 29.3 Å². The molecule has 2 bridgehead atoms. The molecule has 2 aliphatic rings. The van der Waals surface area contributed by atoms with E-state index in [1.807, 2.05) is 95.2 Å². The number of hydrogen-bond donors (Lipinski definition) is 2. The van der Waals surface area contributed by atoms with Crippen LogP contribution in [-0.4, -0.2) is 22.2 Å². The quantitative estimate of drug-likeness (QED) is 0.212. The number of carbonyl (C=O) groups is 2. The third-order valence-corrected chi connectivity index (χ3v) is 8.84. The molecule has 0 heterocycles. The summed E-state index contributed by atoms with van der Waals surface area (Å²) in [6, 6.07) is 6.93. The zero-order valence-corrected chi connectivity index (χ0v) is 28.0. The lowest BCUT2D eigenvalue weighted by Gasteiger charge is -2.29. The summed E-state index contributed by atoms with van der Waals surface area (Å²) in [5, 5.41) is 22.2. The van der Waals surface area contributed by atoms with Gasteiger partial charge in [0.15, 0.2) is 0 Å². The second kappa shape index (κ2) is 10.7. The molecule has 2 aliphatic carbocycles. The van der Waals surface area contributed by atoms with Gasteiger partial charge in [0.1, 0.15) is 23.0 Å². The molecule has 2 aromatic carbocycles. The smallest absolute Gasteiger partial charge is 0.315 e. The molecule has 0 aromatic heterocycles. The van der Waals surface area contributed by atoms with Gasteiger partial charge in [0.25, 0.3) is 0 Å². The fourth-order valence-corrected chi connectivity index (χ4v) is 6.45. The van der Waals surface area contributed by atoms with E-state index in [1.54, 1.807) is 24.3 Å². The molecule has 4 atom stereocenters. The summed E-state index contributed by atoms with van der Waals surface area (Å²) in [5.74, 6) is -1.41. The molecule has 0 aliphatic heterocycles. The monoisotopic (exact) mass is 590 g/mol. The van der Waals surface area contributed by atoms with Crippen molar-refractivity contribution >= 4 is 11.9 Å². The van der Waals surface area contributed by atoms with E-state index >= 15 is 0 Å². The van der Waals surface area contributed by atoms with Gasteiger partial charge in [-0.15, -0.1) is 0 Å². The number of rotatable bonds is 4. The number of phenols is 2. The van der Waals surface area contributed by atoms with Crippen molar-refractivity contribution in [2.45, 2.75) is 111 Å². The molecule has 4 unspecified atom stereocenters. The van der Waals surface area contributed by atoms with Gasteiger partial charge in [0, 0.05) is 22.3 Å². The van der Waals surface area contributed by atoms with Crippen molar-refractivity contribution in [3.63, 3.8) is 0 Å². The van der Waals surface area contributed by atoms with Crippen LogP contribution >= 0.6 is 0 Å². The second-order valence-corrected chi connectivity index (χ2v) is 16.6. The number of allylic oxidation sites excluding steroid dienone is 2. The average Bonchev–Trinajstić information content (AvgIpc) is 3.45. The number of fused-ring (bicyclic) bond motifs is 2. The van der Waals surface area contributed by atoms with Gasteiger partial charge in [-0.2, -0.15) is 0 Å². The fraction of sp³-hybridized carbons (Fsp3) is 0.568. The minimum atomic E-state index is -0.686. The fourth-order valence-electron chi connectivity index (χ4n) is 6.45. The Morgan fingerprint density at radius 2 is 0.814 bits per heavy atom. The van der Waals surface area contributed by atoms with Crippen LogP contribution in [0, 0.1) is 23.7 Å². The third kappa shape index (κ3) is 6.49. The highest BCUT2D eigenvalue weighted by Gasteiger charge is 2.53. The number of benzene rings is 2. The minimum absolute atomic E-state index is 0.119. The van der Waals surface area contributed by atoms with Crippen LogP contribution in [0.4, 0.5) is 0 Å². The number of hydrogen-bond acceptors (Lipinski definition) is 6. The first-order valence-corrected chi connectivity index (χ1v) is 15.4. The first kappa shape index (κ1) is 32.6. The van der Waals surface area contributed by atoms with Crippen molar-refractivity contribution in [2.75, 3.05) is 0 Å². The Morgan fingerprint density at radius 1 is 0.558 bits per heavy atom. The first-order valence-electron chi connectivity index (χ1n) is 15.4. The third-order valence-electron chi connectivity index (χ3n) is 8.84. The molecule has 6 heteroatoms. The molecule has 2 N–H and O–H groups in total. The van der Waals surface area contributed by atoms with Gasteiger partial charge in [-0.25, -0.2) is 0 Å². The van der Waals surface area contributed by atoms with Crippen molar-refractivity contribution in [1.82, 2.24) is 0 Å². The number of esters is 2. The Balaban J connectivity index is 1.67. The molecule has 43 heavy (non-hydrogen) atoms. The maximum atomic E-state index is 13.8. The zero-order chi connectivity index (χ0) is 32.4. The van der Waals surface area contributed by atoms with E-state index in [1.165, 1.54) is 0 Å². The molecule has 6 nitrogen and oxygen atoms in total. The van der Waals surface area contributed by atoms with E-state index in [0.29, 0.717) is 40.2 Å². The van der Waals surface area contributed by atoms with E-state index in [2.05, 4.69) is 0 Å². The van der Waals surface area contributed by atoms with Crippen LogP contribution in [0.3, 0.4) is 0 Å². The maximum absolute atomic E-state index is 13.8. The molecule has 0 radical (unpaired) electrons. The Hall–Kier alpha value is -3.28. The summed E-state index contributed by atoms with van der Waals surface area (Å²) in [4.78, 5) is 27.7. The first-order chi connectivity index (χ1) is 19.5. The van der Waals surface area contributed by atoms with Crippen molar-refractivity contribution in [1.29, 1.82) is 0 Å². The van der Waals surface area contributed by atoms with Gasteiger partial charge < -0.3 is 19.7 Å². The topological polar surface area (TPSA) is 93.1 Å². The summed E-state index contributed by atoms with van der Waals surface area (Å²) >= 11 is 0. The van der Waals surface area contributed by atoms with E-state index in [0.717, 1.165) is 0 Å². The summed E-state index contributed by atoms with van der Waals surface area (Å²) in [6.07, 6.45) is 4.70. The van der Waals surface area contributed by atoms with Crippen LogP contribution in [0.15, 0.2) is 36.4 Å². The second-order valence-electron chi connectivity index (χ2n) is 16.6. The molecule has 1 saturated carbocycles. The Bertz CT molecular complexity index is 1270. The molecule has 234 valence electrons. The lowest BCUT2D eigenvalue weighted by atomic mass is 9.79. The molecular formula is C37H50O6. The SMILES string of the molecule is CC(C)(C)c1cc(OC(=O)C2C3C=CC(C3)C2C(=O)Oc2cc(C(C)(C)C)c(O)c(C(C)(C)C)c2)cc(C(C)(C)C)c1O. The molecule has 2 aromatic rings. The van der Waals surface area contributed by atoms with Crippen LogP contribution in [0.25, 0.3) is 0 Å². The van der Waals surface area contributed by atoms with Crippen LogP contribution in [0.5, 0.6) is 23.0 Å². The molecule has 0 spiro atoms. The zero-order valence-electron chi connectivity index (χ0n) is 28.0. The van der Waals surface area contributed by atoms with Crippen LogP contribution in [-0.2, 0) is 31.2 Å². The Labute approximate surface area is 257 Å². The summed E-state index contributed by atoms with van der Waals surface area (Å²) in [5.41, 5.74) is 1.27. The summed E-state index contributed by atoms with van der Waals surface area (Å²) in [6.45, 7) is 24.1. The van der Waals surface area contributed by atoms with Gasteiger partial charge in [-0.3, -0.25) is 9.59 Å². The van der Waals surface area contributed by atoms with E-state index in [9.17, 15) is 19.8 Å². The lowest BCUT2D eigenvalue weighted by Crippen LogP contribution is -2.37. The number of phenolic OH excluding ortho intramolecular Hbond substituents is 2. The average molecular weight is 591 g/mol. The highest BCUT2D eigenvalue weighted by atomic mass is 16.5. The highest BCUT2D eigenvalue weighted by molar-refractivity contribution is 5.86. The lowest BCUT2D eigenvalue weighted by molar-refractivity contribution is -0.151. The van der Waals surface area contributed by atoms with E-state index in [-0.39, 0.29) is 45.0 Å². The number of ether oxygens (including phenoxy) is 2. The minimum Gasteiger partial charge on any atom is -0.507 e. The number of aromatic hydroxyl groups is 2.